The van der Waals surface area contributed by atoms with Gasteiger partial charge in [0, 0.05) is 5.56 Å². The Bertz CT molecular complexity index is 773. The summed E-state index contributed by atoms with van der Waals surface area (Å²) in [5.41, 5.74) is 0.427. The Labute approximate surface area is 155 Å². The van der Waals surface area contributed by atoms with Crippen LogP contribution in [0.1, 0.15) is 19.4 Å². The van der Waals surface area contributed by atoms with Crippen molar-refractivity contribution in [2.45, 2.75) is 13.8 Å². The van der Waals surface area contributed by atoms with Crippen LogP contribution in [0.2, 0.25) is 0 Å². The van der Waals surface area contributed by atoms with Crippen LogP contribution in [-0.4, -0.2) is 55.1 Å². The number of hydrogen-bond donors (Lipinski definition) is 1. The summed E-state index contributed by atoms with van der Waals surface area (Å²) in [4.78, 5) is 48.2. The Morgan fingerprint density at radius 2 is 1.74 bits per heavy atom. The van der Waals surface area contributed by atoms with Gasteiger partial charge in [-0.1, -0.05) is 18.2 Å². The van der Waals surface area contributed by atoms with Crippen LogP contribution in [0.15, 0.2) is 30.0 Å². The largest absolute Gasteiger partial charge is 0.481 e. The number of nitrogens with zero attached hydrogens (tertiary/aromatic N) is 1. The highest BCUT2D eigenvalue weighted by Crippen LogP contribution is 2.24. The van der Waals surface area contributed by atoms with Crippen molar-refractivity contribution in [3.63, 3.8) is 0 Å². The van der Waals surface area contributed by atoms with E-state index in [2.05, 4.69) is 5.32 Å². The number of carbonyl (C=O) groups is 4. The van der Waals surface area contributed by atoms with Gasteiger partial charge in [0.25, 0.3) is 5.91 Å². The first-order valence-electron chi connectivity index (χ1n) is 8.33. The van der Waals surface area contributed by atoms with Crippen molar-refractivity contribution in [3.8, 4) is 5.75 Å². The maximum Gasteiger partial charge on any atom is 0.344 e. The summed E-state index contributed by atoms with van der Waals surface area (Å²) >= 11 is 0. The van der Waals surface area contributed by atoms with E-state index in [1.807, 2.05) is 0 Å². The average Bonchev–Trinajstić information content (AvgIpc) is 2.88. The lowest BCUT2D eigenvalue weighted by atomic mass is 10.1. The minimum Gasteiger partial charge on any atom is -0.481 e. The van der Waals surface area contributed by atoms with E-state index < -0.39 is 30.4 Å². The SMILES string of the molecule is CCOC(=O)COc1ccccc1/C=C1\C(=O)NC(=O)N1CC(=O)OCC. The van der Waals surface area contributed by atoms with Crippen LogP contribution in [0.5, 0.6) is 5.75 Å². The number of nitrogens with one attached hydrogen (secondary N) is 1. The van der Waals surface area contributed by atoms with Gasteiger partial charge in [0.15, 0.2) is 6.61 Å². The zero-order valence-corrected chi connectivity index (χ0v) is 15.0. The van der Waals surface area contributed by atoms with Crippen LogP contribution in [0.3, 0.4) is 0 Å². The van der Waals surface area contributed by atoms with E-state index in [9.17, 15) is 19.2 Å². The van der Waals surface area contributed by atoms with Gasteiger partial charge in [0.2, 0.25) is 0 Å². The number of carbonyl (C=O) groups excluding carboxylic acids is 4. The van der Waals surface area contributed by atoms with Crippen molar-refractivity contribution < 1.29 is 33.4 Å². The second-order valence-electron chi connectivity index (χ2n) is 5.31. The topological polar surface area (TPSA) is 111 Å². The first-order chi connectivity index (χ1) is 13.0. The first kappa shape index (κ1) is 20.0. The molecule has 1 N–H and O–H groups in total. The van der Waals surface area contributed by atoms with Crippen LogP contribution in [0.4, 0.5) is 4.79 Å². The standard InChI is InChI=1S/C18H20N2O7/c1-3-25-15(21)10-20-13(17(23)19-18(20)24)9-12-7-5-6-8-14(12)27-11-16(22)26-4-2/h5-9H,3-4,10-11H2,1-2H3,(H,19,23,24)/b13-9+. The fourth-order valence-corrected chi connectivity index (χ4v) is 2.31. The van der Waals surface area contributed by atoms with E-state index in [1.165, 1.54) is 6.08 Å². The van der Waals surface area contributed by atoms with Crippen molar-refractivity contribution in [1.29, 1.82) is 0 Å². The highest BCUT2D eigenvalue weighted by molar-refractivity contribution is 6.14. The predicted octanol–water partition coefficient (Wildman–Crippen LogP) is 1.08. The molecule has 0 saturated carbocycles. The average molecular weight is 376 g/mol. The molecule has 0 unspecified atom stereocenters. The fraction of sp³-hybridized carbons (Fsp3) is 0.333. The predicted molar refractivity (Wildman–Crippen MR) is 93.4 cm³/mol. The Morgan fingerprint density at radius 1 is 1.07 bits per heavy atom. The monoisotopic (exact) mass is 376 g/mol. The molecule has 2 rings (SSSR count). The molecule has 0 atom stereocenters. The van der Waals surface area contributed by atoms with E-state index in [-0.39, 0.29) is 25.5 Å². The third kappa shape index (κ3) is 5.30. The highest BCUT2D eigenvalue weighted by Gasteiger charge is 2.34. The van der Waals surface area contributed by atoms with Crippen molar-refractivity contribution in [1.82, 2.24) is 10.2 Å². The lowest BCUT2D eigenvalue weighted by Gasteiger charge is -2.15. The van der Waals surface area contributed by atoms with Crippen LogP contribution >= 0.6 is 0 Å². The molecule has 0 spiro atoms. The molecule has 0 bridgehead atoms. The number of urea groups is 1. The van der Waals surface area contributed by atoms with Gasteiger partial charge in [-0.15, -0.1) is 0 Å². The third-order valence-electron chi connectivity index (χ3n) is 3.44. The molecule has 1 saturated heterocycles. The molecule has 9 nitrogen and oxygen atoms in total. The quantitative estimate of drug-likeness (QED) is 0.411. The fourth-order valence-electron chi connectivity index (χ4n) is 2.31. The minimum absolute atomic E-state index is 0.0276. The van der Waals surface area contributed by atoms with Crippen LogP contribution in [-0.2, 0) is 23.9 Å². The van der Waals surface area contributed by atoms with Crippen molar-refractivity contribution in [3.05, 3.63) is 35.5 Å². The van der Waals surface area contributed by atoms with Gasteiger partial charge in [-0.05, 0) is 26.0 Å². The second-order valence-corrected chi connectivity index (χ2v) is 5.31. The van der Waals surface area contributed by atoms with Gasteiger partial charge in [-0.25, -0.2) is 9.59 Å². The first-order valence-corrected chi connectivity index (χ1v) is 8.33. The van der Waals surface area contributed by atoms with Crippen molar-refractivity contribution >= 4 is 30.0 Å². The number of para-hydroxylation sites is 1. The molecular formula is C18H20N2O7. The van der Waals surface area contributed by atoms with Crippen LogP contribution in [0, 0.1) is 0 Å². The maximum absolute atomic E-state index is 12.1. The number of ether oxygens (including phenoxy) is 3. The molecule has 27 heavy (non-hydrogen) atoms. The smallest absolute Gasteiger partial charge is 0.344 e. The Balaban J connectivity index is 2.24. The minimum atomic E-state index is -0.718. The Kier molecular flexibility index (Phi) is 6.93. The van der Waals surface area contributed by atoms with Crippen molar-refractivity contribution in [2.75, 3.05) is 26.4 Å². The molecule has 144 valence electrons. The number of rotatable bonds is 8. The zero-order valence-electron chi connectivity index (χ0n) is 15.0. The van der Waals surface area contributed by atoms with Gasteiger partial charge < -0.3 is 14.2 Å². The van der Waals surface area contributed by atoms with E-state index >= 15 is 0 Å². The van der Waals surface area contributed by atoms with Crippen LogP contribution in [0.25, 0.3) is 6.08 Å². The van der Waals surface area contributed by atoms with Gasteiger partial charge in [0.05, 0.1) is 13.2 Å². The maximum atomic E-state index is 12.1. The lowest BCUT2D eigenvalue weighted by Crippen LogP contribution is -2.33. The molecule has 1 fully saturated rings. The Hall–Kier alpha value is -3.36. The molecule has 1 aromatic carbocycles. The number of esters is 2. The number of imide groups is 1. The van der Waals surface area contributed by atoms with E-state index in [1.54, 1.807) is 38.1 Å². The summed E-state index contributed by atoms with van der Waals surface area (Å²) in [5.74, 6) is -1.50. The number of benzene rings is 1. The molecule has 1 aromatic rings. The molecular weight excluding hydrogens is 356 g/mol. The second kappa shape index (κ2) is 9.37. The molecule has 9 heteroatoms. The zero-order chi connectivity index (χ0) is 19.8. The summed E-state index contributed by atoms with van der Waals surface area (Å²) in [5, 5.41) is 2.13. The van der Waals surface area contributed by atoms with E-state index in [0.29, 0.717) is 11.3 Å². The summed E-state index contributed by atoms with van der Waals surface area (Å²) in [6.07, 6.45) is 1.40. The van der Waals surface area contributed by atoms with Gasteiger partial charge in [-0.2, -0.15) is 0 Å². The molecule has 3 amide bonds. The molecule has 1 heterocycles. The number of hydrogen-bond acceptors (Lipinski definition) is 7. The third-order valence-corrected chi connectivity index (χ3v) is 3.44. The summed E-state index contributed by atoms with van der Waals surface area (Å²) in [6.45, 7) is 3.02. The van der Waals surface area contributed by atoms with Gasteiger partial charge in [0.1, 0.15) is 18.0 Å². The molecule has 0 radical (unpaired) electrons. The van der Waals surface area contributed by atoms with Crippen molar-refractivity contribution in [2.24, 2.45) is 0 Å². The molecule has 0 aliphatic carbocycles. The molecule has 1 aliphatic rings. The number of amides is 3. The normalized spacial score (nSPS) is 14.9. The highest BCUT2D eigenvalue weighted by atomic mass is 16.6. The van der Waals surface area contributed by atoms with Crippen LogP contribution < -0.4 is 10.1 Å². The van der Waals surface area contributed by atoms with E-state index in [4.69, 9.17) is 14.2 Å². The summed E-state index contributed by atoms with van der Waals surface area (Å²) in [6, 6.07) is 5.93. The van der Waals surface area contributed by atoms with Gasteiger partial charge in [-0.3, -0.25) is 19.8 Å². The summed E-state index contributed by atoms with van der Waals surface area (Å²) < 4.78 is 15.1. The molecule has 1 aliphatic heterocycles. The Morgan fingerprint density at radius 3 is 2.44 bits per heavy atom. The lowest BCUT2D eigenvalue weighted by molar-refractivity contribution is -0.145. The molecule has 0 aromatic heterocycles. The van der Waals surface area contributed by atoms with Gasteiger partial charge >= 0.3 is 18.0 Å². The van der Waals surface area contributed by atoms with E-state index in [0.717, 1.165) is 4.90 Å². The summed E-state index contributed by atoms with van der Waals surface area (Å²) in [7, 11) is 0.